The third kappa shape index (κ3) is 3.40. The summed E-state index contributed by atoms with van der Waals surface area (Å²) in [5.74, 6) is 0. The second kappa shape index (κ2) is 5.73. The summed E-state index contributed by atoms with van der Waals surface area (Å²) in [6, 6.07) is -0.0892. The van der Waals surface area contributed by atoms with Crippen LogP contribution < -0.4 is 10.5 Å². The fraction of sp³-hybridized carbons (Fsp3) is 0.692. The first-order chi connectivity index (χ1) is 9.25. The normalized spacial score (nSPS) is 22.9. The summed E-state index contributed by atoms with van der Waals surface area (Å²) in [5.41, 5.74) is 6.11. The van der Waals surface area contributed by atoms with E-state index in [1.165, 1.54) is 11.3 Å². The molecule has 1 aliphatic rings. The lowest BCUT2D eigenvalue weighted by Crippen LogP contribution is -2.45. The lowest BCUT2D eigenvalue weighted by Gasteiger charge is -2.35. The van der Waals surface area contributed by atoms with Crippen LogP contribution >= 0.6 is 11.3 Å². The molecule has 114 valence electrons. The van der Waals surface area contributed by atoms with E-state index >= 15 is 0 Å². The zero-order chi connectivity index (χ0) is 15.0. The highest BCUT2D eigenvalue weighted by Gasteiger charge is 2.33. The van der Waals surface area contributed by atoms with Gasteiger partial charge in [0.2, 0.25) is 10.0 Å². The summed E-state index contributed by atoms with van der Waals surface area (Å²) in [6.45, 7) is 6.59. The van der Waals surface area contributed by atoms with Crippen LogP contribution in [0.15, 0.2) is 10.3 Å². The highest BCUT2D eigenvalue weighted by molar-refractivity contribution is 7.89. The van der Waals surface area contributed by atoms with Crippen molar-refractivity contribution < 1.29 is 13.2 Å². The minimum atomic E-state index is -3.52. The van der Waals surface area contributed by atoms with Gasteiger partial charge in [0, 0.05) is 24.1 Å². The number of sulfonamides is 1. The van der Waals surface area contributed by atoms with E-state index in [1.807, 2.05) is 19.2 Å². The SMILES string of the molecule is Cc1csc(CN)c1S(=O)(=O)NC1CCOC(C)(C)C1. The molecule has 1 aromatic rings. The third-order valence-corrected chi connectivity index (χ3v) is 6.47. The van der Waals surface area contributed by atoms with Crippen molar-refractivity contribution in [1.29, 1.82) is 0 Å². The molecule has 0 amide bonds. The second-order valence-corrected chi connectivity index (χ2v) is 8.41. The predicted molar refractivity (Wildman–Crippen MR) is 80.3 cm³/mol. The lowest BCUT2D eigenvalue weighted by molar-refractivity contribution is -0.0599. The van der Waals surface area contributed by atoms with Crippen molar-refractivity contribution in [2.45, 2.75) is 56.7 Å². The van der Waals surface area contributed by atoms with Crippen molar-refractivity contribution in [3.05, 3.63) is 15.8 Å². The van der Waals surface area contributed by atoms with Crippen molar-refractivity contribution in [1.82, 2.24) is 4.72 Å². The average molecular weight is 318 g/mol. The summed E-state index contributed by atoms with van der Waals surface area (Å²) in [5, 5.41) is 1.84. The fourth-order valence-corrected chi connectivity index (χ4v) is 5.57. The first-order valence-electron chi connectivity index (χ1n) is 6.68. The standard InChI is InChI=1S/C13H22N2O3S2/c1-9-8-19-11(7-14)12(9)20(16,17)15-10-4-5-18-13(2,3)6-10/h8,10,15H,4-7,14H2,1-3H3. The maximum atomic E-state index is 12.6. The quantitative estimate of drug-likeness (QED) is 0.886. The molecule has 3 N–H and O–H groups in total. The molecule has 0 aliphatic carbocycles. The van der Waals surface area contributed by atoms with Gasteiger partial charge in [-0.3, -0.25) is 0 Å². The number of nitrogens with one attached hydrogen (secondary N) is 1. The van der Waals surface area contributed by atoms with Gasteiger partial charge in [0.1, 0.15) is 4.90 Å². The Balaban J connectivity index is 2.21. The van der Waals surface area contributed by atoms with Crippen molar-refractivity contribution >= 4 is 21.4 Å². The summed E-state index contributed by atoms with van der Waals surface area (Å²) in [6.07, 6.45) is 1.37. The molecule has 0 aromatic carbocycles. The van der Waals surface area contributed by atoms with E-state index in [0.29, 0.717) is 29.2 Å². The number of rotatable bonds is 4. The van der Waals surface area contributed by atoms with E-state index in [4.69, 9.17) is 10.5 Å². The molecule has 2 heterocycles. The van der Waals surface area contributed by atoms with Crippen LogP contribution in [0.2, 0.25) is 0 Å². The van der Waals surface area contributed by atoms with Crippen molar-refractivity contribution in [2.24, 2.45) is 5.73 Å². The lowest BCUT2D eigenvalue weighted by atomic mass is 9.95. The molecular weight excluding hydrogens is 296 g/mol. The average Bonchev–Trinajstić information content (AvgIpc) is 2.69. The third-order valence-electron chi connectivity index (χ3n) is 3.46. The molecule has 1 fully saturated rings. The molecule has 1 unspecified atom stereocenters. The molecule has 20 heavy (non-hydrogen) atoms. The zero-order valence-corrected chi connectivity index (χ0v) is 13.7. The number of aryl methyl sites for hydroxylation is 1. The molecule has 1 aromatic heterocycles. The highest BCUT2D eigenvalue weighted by atomic mass is 32.2. The van der Waals surface area contributed by atoms with Gasteiger partial charge in [0.15, 0.2) is 0 Å². The maximum Gasteiger partial charge on any atom is 0.242 e. The van der Waals surface area contributed by atoms with Gasteiger partial charge in [-0.25, -0.2) is 13.1 Å². The molecule has 2 rings (SSSR count). The van der Waals surface area contributed by atoms with Crippen LogP contribution in [0.1, 0.15) is 37.1 Å². The van der Waals surface area contributed by atoms with Crippen LogP contribution in [0, 0.1) is 6.92 Å². The summed E-state index contributed by atoms with van der Waals surface area (Å²) in [4.78, 5) is 1.07. The second-order valence-electron chi connectivity index (χ2n) is 5.79. The predicted octanol–water partition coefficient (Wildman–Crippen LogP) is 1.75. The molecule has 1 atom stereocenters. The summed E-state index contributed by atoms with van der Waals surface area (Å²) >= 11 is 1.40. The van der Waals surface area contributed by atoms with Crippen LogP contribution in [0.4, 0.5) is 0 Å². The van der Waals surface area contributed by atoms with Crippen LogP contribution in [-0.4, -0.2) is 26.7 Å². The Hall–Kier alpha value is -0.470. The molecular formula is C13H22N2O3S2. The number of hydrogen-bond acceptors (Lipinski definition) is 5. The topological polar surface area (TPSA) is 81.4 Å². The molecule has 0 radical (unpaired) electrons. The van der Waals surface area contributed by atoms with Crippen LogP contribution in [-0.2, 0) is 21.3 Å². The van der Waals surface area contributed by atoms with Crippen molar-refractivity contribution in [3.8, 4) is 0 Å². The smallest absolute Gasteiger partial charge is 0.242 e. The van der Waals surface area contributed by atoms with Gasteiger partial charge in [-0.1, -0.05) is 0 Å². The number of hydrogen-bond donors (Lipinski definition) is 2. The van der Waals surface area contributed by atoms with Gasteiger partial charge in [-0.05, 0) is 44.6 Å². The fourth-order valence-electron chi connectivity index (χ4n) is 2.60. The Labute approximate surface area is 124 Å². The Morgan fingerprint density at radius 1 is 1.55 bits per heavy atom. The summed E-state index contributed by atoms with van der Waals surface area (Å²) < 4.78 is 33.6. The monoisotopic (exact) mass is 318 g/mol. The van der Waals surface area contributed by atoms with Gasteiger partial charge >= 0.3 is 0 Å². The molecule has 1 aliphatic heterocycles. The Bertz CT molecular complexity index is 578. The van der Waals surface area contributed by atoms with Crippen molar-refractivity contribution in [2.75, 3.05) is 6.61 Å². The molecule has 5 nitrogen and oxygen atoms in total. The van der Waals surface area contributed by atoms with Crippen LogP contribution in [0.3, 0.4) is 0 Å². The van der Waals surface area contributed by atoms with Crippen LogP contribution in [0.25, 0.3) is 0 Å². The van der Waals surface area contributed by atoms with E-state index in [1.54, 1.807) is 6.92 Å². The minimum absolute atomic E-state index is 0.0892. The number of thiophene rings is 1. The van der Waals surface area contributed by atoms with Gasteiger partial charge in [-0.15, -0.1) is 11.3 Å². The number of nitrogens with two attached hydrogens (primary N) is 1. The molecule has 0 spiro atoms. The molecule has 0 bridgehead atoms. The minimum Gasteiger partial charge on any atom is -0.375 e. The van der Waals surface area contributed by atoms with E-state index in [-0.39, 0.29) is 18.2 Å². The van der Waals surface area contributed by atoms with Crippen molar-refractivity contribution in [3.63, 3.8) is 0 Å². The van der Waals surface area contributed by atoms with Gasteiger partial charge < -0.3 is 10.5 Å². The number of ether oxygens (including phenoxy) is 1. The Morgan fingerprint density at radius 3 is 2.85 bits per heavy atom. The first-order valence-corrected chi connectivity index (χ1v) is 9.05. The van der Waals surface area contributed by atoms with Gasteiger partial charge in [0.25, 0.3) is 0 Å². The van der Waals surface area contributed by atoms with E-state index in [2.05, 4.69) is 4.72 Å². The summed E-state index contributed by atoms with van der Waals surface area (Å²) in [7, 11) is -3.52. The van der Waals surface area contributed by atoms with E-state index in [0.717, 1.165) is 5.56 Å². The first kappa shape index (κ1) is 15.9. The van der Waals surface area contributed by atoms with E-state index < -0.39 is 10.0 Å². The van der Waals surface area contributed by atoms with Gasteiger partial charge in [0.05, 0.1) is 5.60 Å². The van der Waals surface area contributed by atoms with Gasteiger partial charge in [-0.2, -0.15) is 0 Å². The van der Waals surface area contributed by atoms with Crippen LogP contribution in [0.5, 0.6) is 0 Å². The Kier molecular flexibility index (Phi) is 4.56. The molecule has 0 saturated carbocycles. The van der Waals surface area contributed by atoms with E-state index in [9.17, 15) is 8.42 Å². The zero-order valence-electron chi connectivity index (χ0n) is 12.1. The highest BCUT2D eigenvalue weighted by Crippen LogP contribution is 2.29. The Morgan fingerprint density at radius 2 is 2.25 bits per heavy atom. The molecule has 1 saturated heterocycles. The molecule has 7 heteroatoms. The largest absolute Gasteiger partial charge is 0.375 e. The maximum absolute atomic E-state index is 12.6.